The minimum Gasteiger partial charge on any atom is -0.476 e. The van der Waals surface area contributed by atoms with E-state index in [0.29, 0.717) is 0 Å². The molecule has 100 valence electrons. The van der Waals surface area contributed by atoms with Crippen LogP contribution in [-0.2, 0) is 14.3 Å². The Hall–Kier alpha value is -1.56. The van der Waals surface area contributed by atoms with Gasteiger partial charge in [-0.3, -0.25) is 9.69 Å². The van der Waals surface area contributed by atoms with Crippen molar-refractivity contribution in [1.29, 1.82) is 0 Å². The fourth-order valence-electron chi connectivity index (χ4n) is 2.31. The predicted octanol–water partition coefficient (Wildman–Crippen LogP) is 0.524. The molecule has 0 aromatic rings. The number of β-lactam (4-membered cyclic amide) rings is 1. The molecule has 3 atom stereocenters. The van der Waals surface area contributed by atoms with E-state index < -0.39 is 35.5 Å². The molecule has 2 heterocycles. The standard InChI is InChI=1S/C12H17NO5/c1-5(14)6-9(15)13-7(11(16)17)8(12(2,3)4)18-10(6)13/h5-6,10,14H,1-4H3,(H,16,17)/t5-,6?,10?/m1/s1. The number of hydrogen-bond acceptors (Lipinski definition) is 4. The van der Waals surface area contributed by atoms with Crippen molar-refractivity contribution in [2.45, 2.75) is 40.0 Å². The van der Waals surface area contributed by atoms with Gasteiger partial charge < -0.3 is 14.9 Å². The topological polar surface area (TPSA) is 87.1 Å². The van der Waals surface area contributed by atoms with Crippen molar-refractivity contribution < 1.29 is 24.5 Å². The summed E-state index contributed by atoms with van der Waals surface area (Å²) in [5.41, 5.74) is -0.608. The first kappa shape index (κ1) is 12.9. The van der Waals surface area contributed by atoms with Gasteiger partial charge >= 0.3 is 5.97 Å². The molecule has 6 heteroatoms. The van der Waals surface area contributed by atoms with Gasteiger partial charge in [-0.1, -0.05) is 20.8 Å². The highest BCUT2D eigenvalue weighted by Crippen LogP contribution is 2.46. The van der Waals surface area contributed by atoms with Gasteiger partial charge in [-0.25, -0.2) is 4.79 Å². The van der Waals surface area contributed by atoms with Crippen LogP contribution >= 0.6 is 0 Å². The van der Waals surface area contributed by atoms with Crippen LogP contribution in [0.2, 0.25) is 0 Å². The number of carboxylic acid groups (broad SMARTS) is 1. The number of carbonyl (C=O) groups is 2. The Balaban J connectivity index is 2.39. The molecule has 1 saturated heterocycles. The van der Waals surface area contributed by atoms with Gasteiger partial charge in [0.1, 0.15) is 11.7 Å². The van der Waals surface area contributed by atoms with Crippen LogP contribution in [0, 0.1) is 11.3 Å². The van der Waals surface area contributed by atoms with Gasteiger partial charge in [0.25, 0.3) is 0 Å². The molecule has 18 heavy (non-hydrogen) atoms. The van der Waals surface area contributed by atoms with Crippen molar-refractivity contribution in [1.82, 2.24) is 4.90 Å². The SMILES string of the molecule is C[C@@H](O)C1C(=O)N2C(C(=O)O)=C(C(C)(C)C)OC12. The lowest BCUT2D eigenvalue weighted by Crippen LogP contribution is -2.62. The highest BCUT2D eigenvalue weighted by atomic mass is 16.5. The minimum absolute atomic E-state index is 0.102. The molecule has 0 radical (unpaired) electrons. The van der Waals surface area contributed by atoms with Crippen molar-refractivity contribution in [2.75, 3.05) is 0 Å². The summed E-state index contributed by atoms with van der Waals surface area (Å²) in [6.07, 6.45) is -1.54. The molecule has 2 rings (SSSR count). The number of carbonyl (C=O) groups excluding carboxylic acids is 1. The maximum absolute atomic E-state index is 11.9. The predicted molar refractivity (Wildman–Crippen MR) is 61.0 cm³/mol. The number of rotatable bonds is 2. The van der Waals surface area contributed by atoms with E-state index in [1.807, 2.05) is 20.8 Å². The summed E-state index contributed by atoms with van der Waals surface area (Å²) in [5.74, 6) is -1.97. The van der Waals surface area contributed by atoms with Gasteiger partial charge in [0.15, 0.2) is 11.9 Å². The zero-order valence-electron chi connectivity index (χ0n) is 10.8. The zero-order chi connectivity index (χ0) is 13.8. The van der Waals surface area contributed by atoms with Crippen LogP contribution in [0.3, 0.4) is 0 Å². The average Bonchev–Trinajstić information content (AvgIpc) is 2.51. The van der Waals surface area contributed by atoms with E-state index in [2.05, 4.69) is 0 Å². The Morgan fingerprint density at radius 3 is 2.39 bits per heavy atom. The smallest absolute Gasteiger partial charge is 0.356 e. The molecule has 1 amide bonds. The Labute approximate surface area is 105 Å². The summed E-state index contributed by atoms with van der Waals surface area (Å²) in [7, 11) is 0. The van der Waals surface area contributed by atoms with E-state index in [9.17, 15) is 19.8 Å². The fourth-order valence-corrected chi connectivity index (χ4v) is 2.31. The molecule has 2 aliphatic heterocycles. The van der Waals surface area contributed by atoms with Gasteiger partial charge in [-0.2, -0.15) is 0 Å². The number of ether oxygens (including phenoxy) is 1. The highest BCUT2D eigenvalue weighted by molar-refractivity contribution is 5.98. The third-order valence-corrected chi connectivity index (χ3v) is 3.18. The molecule has 2 N–H and O–H groups in total. The number of aliphatic carboxylic acids is 1. The lowest BCUT2D eigenvalue weighted by atomic mass is 9.90. The van der Waals surface area contributed by atoms with Gasteiger partial charge in [0, 0.05) is 5.41 Å². The summed E-state index contributed by atoms with van der Waals surface area (Å²) in [6, 6.07) is 0. The van der Waals surface area contributed by atoms with Crippen molar-refractivity contribution in [3.8, 4) is 0 Å². The van der Waals surface area contributed by atoms with Crippen molar-refractivity contribution in [3.63, 3.8) is 0 Å². The average molecular weight is 255 g/mol. The van der Waals surface area contributed by atoms with Gasteiger partial charge in [-0.05, 0) is 6.92 Å². The molecule has 0 bridgehead atoms. The van der Waals surface area contributed by atoms with E-state index in [1.54, 1.807) is 0 Å². The normalized spacial score (nSPS) is 28.7. The van der Waals surface area contributed by atoms with Gasteiger partial charge in [0.05, 0.1) is 6.10 Å². The number of aliphatic hydroxyl groups excluding tert-OH is 1. The van der Waals surface area contributed by atoms with E-state index in [1.165, 1.54) is 6.92 Å². The summed E-state index contributed by atoms with van der Waals surface area (Å²) < 4.78 is 5.59. The van der Waals surface area contributed by atoms with E-state index >= 15 is 0 Å². The summed E-state index contributed by atoms with van der Waals surface area (Å²) in [4.78, 5) is 24.3. The number of carboxylic acids is 1. The first-order valence-corrected chi connectivity index (χ1v) is 5.82. The second-order valence-corrected chi connectivity index (χ2v) is 5.72. The highest BCUT2D eigenvalue weighted by Gasteiger charge is 2.60. The first-order chi connectivity index (χ1) is 8.16. The largest absolute Gasteiger partial charge is 0.476 e. The second kappa shape index (κ2) is 3.71. The molecule has 0 saturated carbocycles. The molecule has 2 aliphatic rings. The number of fused-ring (bicyclic) bond motifs is 1. The maximum Gasteiger partial charge on any atom is 0.356 e. The Morgan fingerprint density at radius 2 is 2.00 bits per heavy atom. The Kier molecular flexibility index (Phi) is 2.66. The molecule has 2 unspecified atom stereocenters. The first-order valence-electron chi connectivity index (χ1n) is 5.82. The fraction of sp³-hybridized carbons (Fsp3) is 0.667. The molecule has 1 fully saturated rings. The summed E-state index contributed by atoms with van der Waals surface area (Å²) in [5, 5.41) is 18.7. The van der Waals surface area contributed by atoms with Gasteiger partial charge in [0.2, 0.25) is 5.91 Å². The molecule has 0 aromatic carbocycles. The number of hydrogen-bond donors (Lipinski definition) is 2. The Bertz CT molecular complexity index is 446. The van der Waals surface area contributed by atoms with E-state index in [-0.39, 0.29) is 11.5 Å². The van der Waals surface area contributed by atoms with Crippen molar-refractivity contribution in [3.05, 3.63) is 11.5 Å². The quantitative estimate of drug-likeness (QED) is 0.703. The Morgan fingerprint density at radius 1 is 1.44 bits per heavy atom. The van der Waals surface area contributed by atoms with Gasteiger partial charge in [-0.15, -0.1) is 0 Å². The van der Waals surface area contributed by atoms with Crippen LogP contribution < -0.4 is 0 Å². The van der Waals surface area contributed by atoms with Crippen LogP contribution in [-0.4, -0.2) is 39.3 Å². The molecule has 0 aromatic heterocycles. The zero-order valence-corrected chi connectivity index (χ0v) is 10.8. The molecule has 0 spiro atoms. The van der Waals surface area contributed by atoms with E-state index in [4.69, 9.17) is 4.74 Å². The van der Waals surface area contributed by atoms with Crippen LogP contribution in [0.1, 0.15) is 27.7 Å². The van der Waals surface area contributed by atoms with Crippen LogP contribution in [0.25, 0.3) is 0 Å². The number of nitrogens with zero attached hydrogens (tertiary/aromatic N) is 1. The lowest BCUT2D eigenvalue weighted by Gasteiger charge is -2.42. The van der Waals surface area contributed by atoms with E-state index in [0.717, 1.165) is 4.90 Å². The monoisotopic (exact) mass is 255 g/mol. The lowest BCUT2D eigenvalue weighted by molar-refractivity contribution is -0.183. The van der Waals surface area contributed by atoms with Crippen LogP contribution in [0.5, 0.6) is 0 Å². The summed E-state index contributed by atoms with van der Waals surface area (Å²) >= 11 is 0. The number of aliphatic hydroxyl groups is 1. The number of allylic oxidation sites excluding steroid dienone is 1. The number of amides is 1. The molecule has 6 nitrogen and oxygen atoms in total. The molecular weight excluding hydrogens is 238 g/mol. The third-order valence-electron chi connectivity index (χ3n) is 3.18. The molecular formula is C12H17NO5. The minimum atomic E-state index is -1.18. The van der Waals surface area contributed by atoms with Crippen LogP contribution in [0.4, 0.5) is 0 Å². The van der Waals surface area contributed by atoms with Crippen molar-refractivity contribution >= 4 is 11.9 Å². The van der Waals surface area contributed by atoms with Crippen molar-refractivity contribution in [2.24, 2.45) is 11.3 Å². The summed E-state index contributed by atoms with van der Waals surface area (Å²) in [6.45, 7) is 6.95. The second-order valence-electron chi connectivity index (χ2n) is 5.72. The van der Waals surface area contributed by atoms with Crippen LogP contribution in [0.15, 0.2) is 11.5 Å². The molecule has 0 aliphatic carbocycles. The maximum atomic E-state index is 11.9. The third kappa shape index (κ3) is 1.59.